The molecule has 1 aromatic rings. The number of aliphatic hydroxyl groups excluding tert-OH is 1. The third-order valence-electron chi connectivity index (χ3n) is 3.81. The molecule has 0 aliphatic rings. The van der Waals surface area contributed by atoms with Crippen LogP contribution in [0.5, 0.6) is 0 Å². The summed E-state index contributed by atoms with van der Waals surface area (Å²) in [5, 5.41) is 10.0. The predicted molar refractivity (Wildman–Crippen MR) is 106 cm³/mol. The maximum absolute atomic E-state index is 10.0. The topological polar surface area (TPSA) is 33.1 Å². The van der Waals surface area contributed by atoms with Crippen molar-refractivity contribution in [3.05, 3.63) is 53.9 Å². The van der Waals surface area contributed by atoms with Crippen molar-refractivity contribution in [1.29, 1.82) is 0 Å². The van der Waals surface area contributed by atoms with E-state index in [1.807, 2.05) is 30.4 Å². The van der Waals surface area contributed by atoms with E-state index in [1.54, 1.807) is 0 Å². The van der Waals surface area contributed by atoms with E-state index in [0.29, 0.717) is 6.42 Å². The zero-order valence-electron chi connectivity index (χ0n) is 15.3. The molecule has 2 heteroatoms. The fourth-order valence-electron chi connectivity index (χ4n) is 2.33. The molecule has 1 aromatic heterocycles. The Balaban J connectivity index is 2.41. The fraction of sp³-hybridized carbons (Fsp3) is 0.500. The summed E-state index contributed by atoms with van der Waals surface area (Å²) >= 11 is 0. The number of nitrogens with zero attached hydrogens (tertiary/aromatic N) is 1. The second-order valence-electron chi connectivity index (χ2n) is 6.16. The lowest BCUT2D eigenvalue weighted by Gasteiger charge is -2.01. The van der Waals surface area contributed by atoms with Crippen LogP contribution in [0.15, 0.2) is 42.5 Å². The van der Waals surface area contributed by atoms with E-state index >= 15 is 0 Å². The molecule has 1 heterocycles. The van der Waals surface area contributed by atoms with Gasteiger partial charge in [-0.2, -0.15) is 0 Å². The molecule has 0 saturated heterocycles. The first kappa shape index (κ1) is 20.4. The van der Waals surface area contributed by atoms with Gasteiger partial charge in [-0.05, 0) is 50.0 Å². The summed E-state index contributed by atoms with van der Waals surface area (Å²) in [4.78, 5) is 4.57. The van der Waals surface area contributed by atoms with Gasteiger partial charge in [-0.1, -0.05) is 69.9 Å². The lowest BCUT2D eigenvalue weighted by molar-refractivity contribution is 0.227. The number of allylic oxidation sites excluding steroid dienone is 2. The van der Waals surface area contributed by atoms with Gasteiger partial charge in [0, 0.05) is 0 Å². The predicted octanol–water partition coefficient (Wildman–Crippen LogP) is 6.19. The molecule has 1 rings (SSSR count). The highest BCUT2D eigenvalue weighted by atomic mass is 16.3. The zero-order valence-corrected chi connectivity index (χ0v) is 15.3. The number of aliphatic hydroxyl groups is 1. The highest BCUT2D eigenvalue weighted by molar-refractivity contribution is 5.51. The van der Waals surface area contributed by atoms with Crippen molar-refractivity contribution in [3.8, 4) is 0 Å². The average molecular weight is 328 g/mol. The van der Waals surface area contributed by atoms with Crippen LogP contribution in [0.3, 0.4) is 0 Å². The minimum atomic E-state index is -0.446. The normalized spacial score (nSPS) is 13.5. The van der Waals surface area contributed by atoms with Crippen LogP contribution in [-0.4, -0.2) is 16.2 Å². The van der Waals surface area contributed by atoms with E-state index in [9.17, 15) is 5.11 Å². The van der Waals surface area contributed by atoms with E-state index in [-0.39, 0.29) is 0 Å². The summed E-state index contributed by atoms with van der Waals surface area (Å²) in [6.45, 7) is 4.41. The Kier molecular flexibility index (Phi) is 11.7. The number of aromatic nitrogens is 1. The molecule has 0 fully saturated rings. The Morgan fingerprint density at radius 2 is 1.62 bits per heavy atom. The van der Waals surface area contributed by atoms with E-state index in [4.69, 9.17) is 0 Å². The van der Waals surface area contributed by atoms with Gasteiger partial charge in [0.1, 0.15) is 0 Å². The molecule has 0 saturated carbocycles. The minimum Gasteiger partial charge on any atom is -0.389 e. The second-order valence-corrected chi connectivity index (χ2v) is 6.16. The largest absolute Gasteiger partial charge is 0.389 e. The molecule has 0 aliphatic carbocycles. The van der Waals surface area contributed by atoms with Gasteiger partial charge in [0.15, 0.2) is 0 Å². The molecule has 0 amide bonds. The van der Waals surface area contributed by atoms with Crippen molar-refractivity contribution in [1.82, 2.24) is 4.98 Å². The highest BCUT2D eigenvalue weighted by Gasteiger charge is 1.96. The molecule has 132 valence electrons. The van der Waals surface area contributed by atoms with Crippen LogP contribution in [0.2, 0.25) is 0 Å². The molecule has 0 aromatic carbocycles. The molecule has 0 aliphatic heterocycles. The first-order valence-corrected chi connectivity index (χ1v) is 9.41. The SMILES string of the molecule is CCCC/C=C\c1cccc(/C=C/C(O)C/C=C\CCCCC)n1. The van der Waals surface area contributed by atoms with Gasteiger partial charge in [-0.3, -0.25) is 0 Å². The van der Waals surface area contributed by atoms with Gasteiger partial charge >= 0.3 is 0 Å². The minimum absolute atomic E-state index is 0.446. The molecule has 0 radical (unpaired) electrons. The van der Waals surface area contributed by atoms with Gasteiger partial charge in [-0.25, -0.2) is 4.98 Å². The molecule has 24 heavy (non-hydrogen) atoms. The van der Waals surface area contributed by atoms with Crippen LogP contribution in [0.4, 0.5) is 0 Å². The summed E-state index contributed by atoms with van der Waals surface area (Å²) < 4.78 is 0. The Morgan fingerprint density at radius 1 is 0.917 bits per heavy atom. The van der Waals surface area contributed by atoms with Crippen LogP contribution in [0.1, 0.15) is 76.6 Å². The first-order valence-electron chi connectivity index (χ1n) is 9.41. The van der Waals surface area contributed by atoms with Gasteiger partial charge in [-0.15, -0.1) is 0 Å². The Hall–Kier alpha value is -1.67. The van der Waals surface area contributed by atoms with Crippen LogP contribution >= 0.6 is 0 Å². The molecule has 1 atom stereocenters. The van der Waals surface area contributed by atoms with Crippen LogP contribution in [0, 0.1) is 0 Å². The van der Waals surface area contributed by atoms with Crippen molar-refractivity contribution >= 4 is 12.2 Å². The summed E-state index contributed by atoms with van der Waals surface area (Å²) in [5.74, 6) is 0. The molecule has 0 bridgehead atoms. The standard InChI is InChI=1S/C22H33NO/c1-3-5-7-9-10-12-17-22(24)19-18-21-16-13-15-20(23-21)14-11-8-6-4-2/h10-16,18-19,22,24H,3-9,17H2,1-2H3/b12-10-,14-11-,19-18+. The summed E-state index contributed by atoms with van der Waals surface area (Å²) in [7, 11) is 0. The van der Waals surface area contributed by atoms with Crippen LogP contribution in [0.25, 0.3) is 12.2 Å². The molecule has 1 N–H and O–H groups in total. The Labute approximate surface area is 148 Å². The Morgan fingerprint density at radius 3 is 2.38 bits per heavy atom. The van der Waals surface area contributed by atoms with Crippen molar-refractivity contribution < 1.29 is 5.11 Å². The number of unbranched alkanes of at least 4 members (excludes halogenated alkanes) is 5. The monoisotopic (exact) mass is 327 g/mol. The highest BCUT2D eigenvalue weighted by Crippen LogP contribution is 2.07. The lowest BCUT2D eigenvalue weighted by Crippen LogP contribution is -1.99. The summed E-state index contributed by atoms with van der Waals surface area (Å²) in [6, 6.07) is 5.98. The van der Waals surface area contributed by atoms with E-state index in [0.717, 1.165) is 24.2 Å². The maximum atomic E-state index is 10.0. The van der Waals surface area contributed by atoms with Crippen molar-refractivity contribution in [2.24, 2.45) is 0 Å². The second kappa shape index (κ2) is 13.7. The fourth-order valence-corrected chi connectivity index (χ4v) is 2.33. The van der Waals surface area contributed by atoms with E-state index in [2.05, 4.69) is 43.1 Å². The third kappa shape index (κ3) is 10.2. The first-order chi connectivity index (χ1) is 11.8. The Bertz CT molecular complexity index is 516. The van der Waals surface area contributed by atoms with Crippen LogP contribution in [-0.2, 0) is 0 Å². The molecular formula is C22H33NO. The average Bonchev–Trinajstić information content (AvgIpc) is 2.60. The van der Waals surface area contributed by atoms with Crippen LogP contribution < -0.4 is 0 Å². The maximum Gasteiger partial charge on any atom is 0.0759 e. The number of pyridine rings is 1. The van der Waals surface area contributed by atoms with Gasteiger partial charge in [0.2, 0.25) is 0 Å². The van der Waals surface area contributed by atoms with Crippen molar-refractivity contribution in [2.75, 3.05) is 0 Å². The summed E-state index contributed by atoms with van der Waals surface area (Å²) in [5.41, 5.74) is 1.86. The van der Waals surface area contributed by atoms with Crippen molar-refractivity contribution in [3.63, 3.8) is 0 Å². The number of hydrogen-bond donors (Lipinski definition) is 1. The molecular weight excluding hydrogens is 294 g/mol. The van der Waals surface area contributed by atoms with E-state index in [1.165, 1.54) is 32.1 Å². The number of rotatable bonds is 12. The van der Waals surface area contributed by atoms with Gasteiger partial charge in [0.05, 0.1) is 17.5 Å². The molecule has 2 nitrogen and oxygen atoms in total. The quantitative estimate of drug-likeness (QED) is 0.367. The third-order valence-corrected chi connectivity index (χ3v) is 3.81. The number of hydrogen-bond acceptors (Lipinski definition) is 2. The lowest BCUT2D eigenvalue weighted by atomic mass is 10.1. The smallest absolute Gasteiger partial charge is 0.0759 e. The van der Waals surface area contributed by atoms with Crippen molar-refractivity contribution in [2.45, 2.75) is 71.3 Å². The van der Waals surface area contributed by atoms with E-state index < -0.39 is 6.10 Å². The molecule has 1 unspecified atom stereocenters. The van der Waals surface area contributed by atoms with Gasteiger partial charge in [0.25, 0.3) is 0 Å². The van der Waals surface area contributed by atoms with Gasteiger partial charge < -0.3 is 5.11 Å². The molecule has 0 spiro atoms. The zero-order chi connectivity index (χ0) is 17.5. The summed E-state index contributed by atoms with van der Waals surface area (Å²) in [6.07, 6.45) is 20.8.